The third-order valence-electron chi connectivity index (χ3n) is 2.55. The molecule has 0 fully saturated rings. The molecule has 2 rings (SSSR count). The molecule has 6 heteroatoms. The van der Waals surface area contributed by atoms with Gasteiger partial charge in [-0.15, -0.1) is 0 Å². The summed E-state index contributed by atoms with van der Waals surface area (Å²) >= 11 is 30.3. The largest absolute Gasteiger partial charge is 0.494 e. The molecule has 0 aliphatic carbocycles. The Morgan fingerprint density at radius 3 is 1.89 bits per heavy atom. The first-order valence-corrected chi connectivity index (χ1v) is 7.01. The third-order valence-corrected chi connectivity index (χ3v) is 4.40. The number of benzene rings is 2. The predicted octanol–water partition coefficient (Wildman–Crippen LogP) is 6.63. The van der Waals surface area contributed by atoms with Gasteiger partial charge in [-0.3, -0.25) is 0 Å². The highest BCUT2D eigenvalue weighted by Crippen LogP contribution is 2.42. The molecule has 0 spiro atoms. The van der Waals surface area contributed by atoms with E-state index in [1.54, 1.807) is 24.3 Å². The van der Waals surface area contributed by atoms with Crippen LogP contribution in [0.3, 0.4) is 0 Å². The van der Waals surface area contributed by atoms with Crippen LogP contribution in [0.25, 0.3) is 11.1 Å². The van der Waals surface area contributed by atoms with Crippen LogP contribution in [0.5, 0.6) is 5.75 Å². The molecular weight excluding hydrogens is 349 g/mol. The summed E-state index contributed by atoms with van der Waals surface area (Å²) in [6.45, 7) is 0. The zero-order chi connectivity index (χ0) is 14.2. The summed E-state index contributed by atoms with van der Waals surface area (Å²) in [6, 6.07) is 6.83. The second kappa shape index (κ2) is 5.99. The van der Waals surface area contributed by atoms with Crippen LogP contribution in [-0.4, -0.2) is 7.11 Å². The van der Waals surface area contributed by atoms with Crippen LogP contribution >= 0.6 is 58.0 Å². The SMILES string of the molecule is COc1c(Cl)cc(-c2ccc(Cl)c(Cl)c2Cl)cc1Cl. The van der Waals surface area contributed by atoms with Gasteiger partial charge in [0.25, 0.3) is 0 Å². The van der Waals surface area contributed by atoms with Crippen LogP contribution in [0.4, 0.5) is 0 Å². The number of ether oxygens (including phenoxy) is 1. The standard InChI is InChI=1S/C13H7Cl5O/c1-19-13-9(15)4-6(5-10(13)16)7-2-3-8(14)12(18)11(7)17/h2-5H,1H3. The molecule has 0 aromatic heterocycles. The van der Waals surface area contributed by atoms with Crippen LogP contribution in [0, 0.1) is 0 Å². The van der Waals surface area contributed by atoms with Gasteiger partial charge in [0.2, 0.25) is 0 Å². The highest BCUT2D eigenvalue weighted by Gasteiger charge is 2.14. The van der Waals surface area contributed by atoms with Gasteiger partial charge >= 0.3 is 0 Å². The van der Waals surface area contributed by atoms with Crippen LogP contribution < -0.4 is 4.74 Å². The summed E-state index contributed by atoms with van der Waals surface area (Å²) in [5.41, 5.74) is 1.43. The molecule has 0 radical (unpaired) electrons. The van der Waals surface area contributed by atoms with Crippen molar-refractivity contribution in [2.24, 2.45) is 0 Å². The number of hydrogen-bond acceptors (Lipinski definition) is 1. The molecule has 0 bridgehead atoms. The highest BCUT2D eigenvalue weighted by atomic mass is 35.5. The van der Waals surface area contributed by atoms with Crippen molar-refractivity contribution in [3.8, 4) is 16.9 Å². The lowest BCUT2D eigenvalue weighted by molar-refractivity contribution is 0.415. The average Bonchev–Trinajstić information content (AvgIpc) is 2.35. The zero-order valence-electron chi connectivity index (χ0n) is 9.61. The van der Waals surface area contributed by atoms with Crippen molar-refractivity contribution in [2.45, 2.75) is 0 Å². The first kappa shape index (κ1) is 15.1. The van der Waals surface area contributed by atoms with Gasteiger partial charge in [-0.05, 0) is 23.8 Å². The van der Waals surface area contributed by atoms with Gasteiger partial charge in [0.15, 0.2) is 5.75 Å². The van der Waals surface area contributed by atoms with Crippen LogP contribution in [0.15, 0.2) is 24.3 Å². The van der Waals surface area contributed by atoms with Crippen molar-refractivity contribution in [2.75, 3.05) is 7.11 Å². The molecule has 0 atom stereocenters. The van der Waals surface area contributed by atoms with Crippen molar-refractivity contribution in [3.63, 3.8) is 0 Å². The fourth-order valence-corrected chi connectivity index (χ4v) is 2.95. The van der Waals surface area contributed by atoms with E-state index in [2.05, 4.69) is 0 Å². The third kappa shape index (κ3) is 2.91. The lowest BCUT2D eigenvalue weighted by atomic mass is 10.1. The quantitative estimate of drug-likeness (QED) is 0.549. The van der Waals surface area contributed by atoms with Gasteiger partial charge < -0.3 is 4.74 Å². The van der Waals surface area contributed by atoms with Crippen LogP contribution in [-0.2, 0) is 0 Å². The Balaban J connectivity index is 2.64. The summed E-state index contributed by atoms with van der Waals surface area (Å²) in [7, 11) is 1.50. The summed E-state index contributed by atoms with van der Waals surface area (Å²) < 4.78 is 5.10. The molecule has 0 saturated carbocycles. The Labute approximate surface area is 135 Å². The maximum Gasteiger partial charge on any atom is 0.156 e. The lowest BCUT2D eigenvalue weighted by Crippen LogP contribution is -1.88. The lowest BCUT2D eigenvalue weighted by Gasteiger charge is -2.11. The molecule has 2 aromatic rings. The summed E-state index contributed by atoms with van der Waals surface area (Å²) in [4.78, 5) is 0. The number of methoxy groups -OCH3 is 1. The van der Waals surface area contributed by atoms with Crippen molar-refractivity contribution >= 4 is 58.0 Å². The molecule has 19 heavy (non-hydrogen) atoms. The van der Waals surface area contributed by atoms with E-state index in [0.717, 1.165) is 5.56 Å². The van der Waals surface area contributed by atoms with Crippen molar-refractivity contribution in [1.29, 1.82) is 0 Å². The molecule has 0 aliphatic rings. The van der Waals surface area contributed by atoms with E-state index in [4.69, 9.17) is 62.7 Å². The molecular formula is C13H7Cl5O. The molecule has 0 aliphatic heterocycles. The van der Waals surface area contributed by atoms with Crippen molar-refractivity contribution < 1.29 is 4.74 Å². The molecule has 2 aromatic carbocycles. The van der Waals surface area contributed by atoms with E-state index in [1.807, 2.05) is 0 Å². The summed E-state index contributed by atoms with van der Waals surface area (Å²) in [5.74, 6) is 0.420. The molecule has 0 N–H and O–H groups in total. The Morgan fingerprint density at radius 2 is 1.37 bits per heavy atom. The minimum absolute atomic E-state index is 0.295. The van der Waals surface area contributed by atoms with Crippen LogP contribution in [0.2, 0.25) is 25.1 Å². The van der Waals surface area contributed by atoms with Gasteiger partial charge in [0.05, 0.1) is 32.2 Å². The summed E-state index contributed by atoms with van der Waals surface area (Å²) in [5, 5.41) is 1.83. The highest BCUT2D eigenvalue weighted by molar-refractivity contribution is 6.49. The van der Waals surface area contributed by atoms with E-state index in [9.17, 15) is 0 Å². The average molecular weight is 356 g/mol. The minimum Gasteiger partial charge on any atom is -0.494 e. The maximum absolute atomic E-state index is 6.18. The number of halogens is 5. The second-order valence-corrected chi connectivity index (χ2v) is 5.67. The normalized spacial score (nSPS) is 10.6. The van der Waals surface area contributed by atoms with Gasteiger partial charge in [0.1, 0.15) is 0 Å². The number of rotatable bonds is 2. The summed E-state index contributed by atoms with van der Waals surface area (Å²) in [6.07, 6.45) is 0. The topological polar surface area (TPSA) is 9.23 Å². The van der Waals surface area contributed by atoms with Gasteiger partial charge in [-0.2, -0.15) is 0 Å². The van der Waals surface area contributed by atoms with E-state index >= 15 is 0 Å². The maximum atomic E-state index is 6.18. The van der Waals surface area contributed by atoms with Gasteiger partial charge in [0, 0.05) is 5.56 Å². The molecule has 0 heterocycles. The fraction of sp³-hybridized carbons (Fsp3) is 0.0769. The second-order valence-electron chi connectivity index (χ2n) is 3.70. The first-order valence-electron chi connectivity index (χ1n) is 5.12. The monoisotopic (exact) mass is 354 g/mol. The van der Waals surface area contributed by atoms with Crippen molar-refractivity contribution in [1.82, 2.24) is 0 Å². The molecule has 100 valence electrons. The molecule has 0 amide bonds. The van der Waals surface area contributed by atoms with E-state index < -0.39 is 0 Å². The minimum atomic E-state index is 0.295. The van der Waals surface area contributed by atoms with Gasteiger partial charge in [-0.25, -0.2) is 0 Å². The smallest absolute Gasteiger partial charge is 0.156 e. The van der Waals surface area contributed by atoms with Crippen molar-refractivity contribution in [3.05, 3.63) is 49.4 Å². The predicted molar refractivity (Wildman–Crippen MR) is 83.5 cm³/mol. The fourth-order valence-electron chi connectivity index (χ4n) is 1.66. The molecule has 1 nitrogen and oxygen atoms in total. The van der Waals surface area contributed by atoms with E-state index in [-0.39, 0.29) is 0 Å². The Bertz CT molecular complexity index is 616. The van der Waals surface area contributed by atoms with E-state index in [1.165, 1.54) is 7.11 Å². The molecule has 0 unspecified atom stereocenters. The zero-order valence-corrected chi connectivity index (χ0v) is 13.4. The Kier molecular flexibility index (Phi) is 4.75. The molecule has 0 saturated heterocycles. The Morgan fingerprint density at radius 1 is 0.789 bits per heavy atom. The Hall–Kier alpha value is -0.310. The van der Waals surface area contributed by atoms with Gasteiger partial charge in [-0.1, -0.05) is 64.1 Å². The van der Waals surface area contributed by atoms with Crippen LogP contribution in [0.1, 0.15) is 0 Å². The van der Waals surface area contributed by atoms with E-state index in [0.29, 0.717) is 36.4 Å². The number of hydrogen-bond donors (Lipinski definition) is 0. The first-order chi connectivity index (χ1) is 8.95.